The molecule has 0 saturated carbocycles. The van der Waals surface area contributed by atoms with Crippen LogP contribution >= 0.6 is 0 Å². The molecule has 0 aliphatic heterocycles. The molecule has 1 rings (SSSR count). The van der Waals surface area contributed by atoms with Gasteiger partial charge in [0.25, 0.3) is 0 Å². The maximum absolute atomic E-state index is 11.6. The van der Waals surface area contributed by atoms with E-state index in [-0.39, 0.29) is 11.6 Å². The van der Waals surface area contributed by atoms with Crippen LogP contribution in [0.15, 0.2) is 18.2 Å². The summed E-state index contributed by atoms with van der Waals surface area (Å²) in [6.07, 6.45) is 0.831. The maximum atomic E-state index is 11.6. The molecular formula is C13H19N3O3. The number of benzene rings is 1. The smallest absolute Gasteiger partial charge is 0.336 e. The zero-order chi connectivity index (χ0) is 14.3. The maximum Gasteiger partial charge on any atom is 0.336 e. The Hall–Kier alpha value is -2.08. The summed E-state index contributed by atoms with van der Waals surface area (Å²) in [6.45, 7) is 3.05. The fourth-order valence-corrected chi connectivity index (χ4v) is 1.64. The minimum absolute atomic E-state index is 0.188. The molecule has 4 N–H and O–H groups in total. The van der Waals surface area contributed by atoms with Crippen LogP contribution in [-0.4, -0.2) is 37.2 Å². The van der Waals surface area contributed by atoms with Crippen molar-refractivity contribution in [2.75, 3.05) is 25.5 Å². The number of anilines is 1. The second-order valence-corrected chi connectivity index (χ2v) is 4.12. The van der Waals surface area contributed by atoms with Gasteiger partial charge in [0.2, 0.25) is 0 Å². The minimum Gasteiger partial charge on any atom is -0.478 e. The molecular weight excluding hydrogens is 246 g/mol. The first-order chi connectivity index (χ1) is 9.06. The summed E-state index contributed by atoms with van der Waals surface area (Å²) in [5.41, 5.74) is 1.24. The number of aromatic carboxylic acids is 1. The summed E-state index contributed by atoms with van der Waals surface area (Å²) in [5.74, 6) is -1.00. The van der Waals surface area contributed by atoms with Crippen LogP contribution in [0.4, 0.5) is 10.5 Å². The molecule has 104 valence electrons. The Balaban J connectivity index is 2.59. The van der Waals surface area contributed by atoms with Crippen molar-refractivity contribution in [3.63, 3.8) is 0 Å². The summed E-state index contributed by atoms with van der Waals surface area (Å²) in [4.78, 5) is 22.6. The van der Waals surface area contributed by atoms with Crippen molar-refractivity contribution in [3.05, 3.63) is 29.3 Å². The standard InChI is InChI=1S/C13H19N3O3/c1-9-10(12(17)18)5-3-6-11(9)16-13(19)15-8-4-7-14-2/h3,5-6,14H,4,7-8H2,1-2H3,(H,17,18)(H2,15,16,19). The highest BCUT2D eigenvalue weighted by atomic mass is 16.4. The monoisotopic (exact) mass is 265 g/mol. The Labute approximate surface area is 112 Å². The van der Waals surface area contributed by atoms with E-state index in [4.69, 9.17) is 5.11 Å². The van der Waals surface area contributed by atoms with Crippen LogP contribution in [-0.2, 0) is 0 Å². The van der Waals surface area contributed by atoms with Gasteiger partial charge in [0.15, 0.2) is 0 Å². The van der Waals surface area contributed by atoms with E-state index >= 15 is 0 Å². The predicted molar refractivity (Wildman–Crippen MR) is 73.7 cm³/mol. The van der Waals surface area contributed by atoms with Crippen LogP contribution in [0.2, 0.25) is 0 Å². The molecule has 0 fully saturated rings. The third-order valence-electron chi connectivity index (χ3n) is 2.70. The first-order valence-corrected chi connectivity index (χ1v) is 6.08. The normalized spacial score (nSPS) is 10.0. The molecule has 0 heterocycles. The number of carboxylic acid groups (broad SMARTS) is 1. The third-order valence-corrected chi connectivity index (χ3v) is 2.70. The van der Waals surface area contributed by atoms with Crippen LogP contribution in [0.1, 0.15) is 22.3 Å². The van der Waals surface area contributed by atoms with E-state index < -0.39 is 5.97 Å². The summed E-state index contributed by atoms with van der Waals surface area (Å²) in [6, 6.07) is 4.46. The van der Waals surface area contributed by atoms with Crippen LogP contribution in [0.5, 0.6) is 0 Å². The highest BCUT2D eigenvalue weighted by Crippen LogP contribution is 2.18. The van der Waals surface area contributed by atoms with E-state index in [1.165, 1.54) is 6.07 Å². The summed E-state index contributed by atoms with van der Waals surface area (Å²) < 4.78 is 0. The van der Waals surface area contributed by atoms with Crippen molar-refractivity contribution < 1.29 is 14.7 Å². The number of nitrogens with one attached hydrogen (secondary N) is 3. The zero-order valence-corrected chi connectivity index (χ0v) is 11.1. The fraction of sp³-hybridized carbons (Fsp3) is 0.385. The lowest BCUT2D eigenvalue weighted by Crippen LogP contribution is -2.31. The number of hydrogen-bond donors (Lipinski definition) is 4. The molecule has 0 saturated heterocycles. The topological polar surface area (TPSA) is 90.5 Å². The highest BCUT2D eigenvalue weighted by Gasteiger charge is 2.11. The molecule has 0 aromatic heterocycles. The first-order valence-electron chi connectivity index (χ1n) is 6.08. The summed E-state index contributed by atoms with van der Waals surface area (Å²) >= 11 is 0. The number of carbonyl (C=O) groups is 2. The summed E-state index contributed by atoms with van der Waals surface area (Å²) in [7, 11) is 1.85. The molecule has 0 atom stereocenters. The summed E-state index contributed by atoms with van der Waals surface area (Å²) in [5, 5.41) is 17.3. The van der Waals surface area contributed by atoms with Gasteiger partial charge in [0.05, 0.1) is 5.56 Å². The van der Waals surface area contributed by atoms with E-state index in [0.29, 0.717) is 17.8 Å². The van der Waals surface area contributed by atoms with Gasteiger partial charge >= 0.3 is 12.0 Å². The number of amides is 2. The Bertz CT molecular complexity index is 460. The van der Waals surface area contributed by atoms with Gasteiger partial charge in [-0.1, -0.05) is 6.07 Å². The molecule has 0 unspecified atom stereocenters. The quantitative estimate of drug-likeness (QED) is 0.586. The lowest BCUT2D eigenvalue weighted by atomic mass is 10.1. The van der Waals surface area contributed by atoms with Crippen LogP contribution in [0.3, 0.4) is 0 Å². The second-order valence-electron chi connectivity index (χ2n) is 4.12. The Kier molecular flexibility index (Phi) is 5.81. The molecule has 6 heteroatoms. The largest absolute Gasteiger partial charge is 0.478 e. The van der Waals surface area contributed by atoms with Crippen molar-refractivity contribution in [2.45, 2.75) is 13.3 Å². The Morgan fingerprint density at radius 2 is 2.00 bits per heavy atom. The third kappa shape index (κ3) is 4.59. The van der Waals surface area contributed by atoms with E-state index in [2.05, 4.69) is 16.0 Å². The fourth-order valence-electron chi connectivity index (χ4n) is 1.64. The molecule has 0 bridgehead atoms. The van der Waals surface area contributed by atoms with Gasteiger partial charge in [-0.3, -0.25) is 0 Å². The van der Waals surface area contributed by atoms with Crippen LogP contribution < -0.4 is 16.0 Å². The van der Waals surface area contributed by atoms with E-state index in [9.17, 15) is 9.59 Å². The number of urea groups is 1. The second kappa shape index (κ2) is 7.38. The van der Waals surface area contributed by atoms with Gasteiger partial charge in [-0.15, -0.1) is 0 Å². The molecule has 1 aromatic rings. The number of carboxylic acids is 1. The molecule has 0 radical (unpaired) electrons. The first kappa shape index (κ1) is 15.0. The molecule has 0 aliphatic rings. The number of rotatable bonds is 6. The van der Waals surface area contributed by atoms with E-state index in [1.54, 1.807) is 19.1 Å². The average Bonchev–Trinajstić information content (AvgIpc) is 2.37. The van der Waals surface area contributed by atoms with Crippen molar-refractivity contribution in [2.24, 2.45) is 0 Å². The molecule has 19 heavy (non-hydrogen) atoms. The van der Waals surface area contributed by atoms with Gasteiger partial charge in [-0.25, -0.2) is 9.59 Å². The Morgan fingerprint density at radius 3 is 2.63 bits per heavy atom. The number of carbonyl (C=O) groups excluding carboxylic acids is 1. The van der Waals surface area contributed by atoms with Gasteiger partial charge in [0.1, 0.15) is 0 Å². The van der Waals surface area contributed by atoms with Crippen molar-refractivity contribution in [1.82, 2.24) is 10.6 Å². The van der Waals surface area contributed by atoms with E-state index in [0.717, 1.165) is 13.0 Å². The van der Waals surface area contributed by atoms with Crippen LogP contribution in [0.25, 0.3) is 0 Å². The predicted octanol–water partition coefficient (Wildman–Crippen LogP) is 1.42. The van der Waals surface area contributed by atoms with Crippen molar-refractivity contribution in [1.29, 1.82) is 0 Å². The lowest BCUT2D eigenvalue weighted by molar-refractivity contribution is 0.0696. The number of hydrogen-bond acceptors (Lipinski definition) is 3. The van der Waals surface area contributed by atoms with Gasteiger partial charge in [-0.2, -0.15) is 0 Å². The minimum atomic E-state index is -1.00. The molecule has 1 aromatic carbocycles. The van der Waals surface area contributed by atoms with E-state index in [1.807, 2.05) is 7.05 Å². The molecule has 2 amide bonds. The average molecular weight is 265 g/mol. The van der Waals surface area contributed by atoms with Crippen molar-refractivity contribution >= 4 is 17.7 Å². The Morgan fingerprint density at radius 1 is 1.26 bits per heavy atom. The SMILES string of the molecule is CNCCCNC(=O)Nc1cccc(C(=O)O)c1C. The lowest BCUT2D eigenvalue weighted by Gasteiger charge is -2.11. The molecule has 6 nitrogen and oxygen atoms in total. The van der Waals surface area contributed by atoms with Gasteiger partial charge in [-0.05, 0) is 44.6 Å². The van der Waals surface area contributed by atoms with Gasteiger partial charge < -0.3 is 21.1 Å². The highest BCUT2D eigenvalue weighted by molar-refractivity contribution is 5.95. The zero-order valence-electron chi connectivity index (χ0n) is 11.1. The molecule has 0 spiro atoms. The van der Waals surface area contributed by atoms with Gasteiger partial charge in [0, 0.05) is 12.2 Å². The molecule has 0 aliphatic carbocycles. The van der Waals surface area contributed by atoms with Crippen molar-refractivity contribution in [3.8, 4) is 0 Å². The van der Waals surface area contributed by atoms with Crippen LogP contribution in [0, 0.1) is 6.92 Å².